The van der Waals surface area contributed by atoms with Crippen molar-refractivity contribution >= 4 is 0 Å². The summed E-state index contributed by atoms with van der Waals surface area (Å²) >= 11 is 0. The molecule has 0 bridgehead atoms. The molecule has 1 aromatic heterocycles. The molecule has 1 atom stereocenters. The zero-order valence-electron chi connectivity index (χ0n) is 12.9. The lowest BCUT2D eigenvalue weighted by atomic mass is 9.88. The van der Waals surface area contributed by atoms with Crippen LogP contribution in [0.3, 0.4) is 0 Å². The van der Waals surface area contributed by atoms with Gasteiger partial charge in [0, 0.05) is 37.7 Å². The molecule has 1 saturated carbocycles. The van der Waals surface area contributed by atoms with Gasteiger partial charge in [0.25, 0.3) is 0 Å². The van der Waals surface area contributed by atoms with Crippen LogP contribution in [0, 0.1) is 0 Å². The van der Waals surface area contributed by atoms with E-state index in [1.807, 2.05) is 0 Å². The molecule has 0 aromatic carbocycles. The first kappa shape index (κ1) is 13.8. The van der Waals surface area contributed by atoms with Crippen LogP contribution in [-0.2, 0) is 24.2 Å². The van der Waals surface area contributed by atoms with E-state index in [2.05, 4.69) is 9.88 Å². The first-order chi connectivity index (χ1) is 10.4. The SMILES string of the molecule is C1CCC(c2nc3c(n2CC2CCCO2)CCNC3)CC1. The highest BCUT2D eigenvalue weighted by Gasteiger charge is 2.28. The number of fused-ring (bicyclic) bond motifs is 1. The predicted octanol–water partition coefficient (Wildman–Crippen LogP) is 2.76. The molecule has 116 valence electrons. The Morgan fingerprint density at radius 1 is 1.14 bits per heavy atom. The number of ether oxygens (including phenoxy) is 1. The van der Waals surface area contributed by atoms with Gasteiger partial charge in [0.05, 0.1) is 18.3 Å². The minimum absolute atomic E-state index is 0.417. The van der Waals surface area contributed by atoms with E-state index in [-0.39, 0.29) is 0 Å². The lowest BCUT2D eigenvalue weighted by Crippen LogP contribution is -2.27. The third-order valence-corrected chi connectivity index (χ3v) is 5.40. The average molecular weight is 289 g/mol. The number of hydrogen-bond donors (Lipinski definition) is 1. The third-order valence-electron chi connectivity index (χ3n) is 5.40. The van der Waals surface area contributed by atoms with E-state index in [0.717, 1.165) is 32.7 Å². The zero-order chi connectivity index (χ0) is 14.1. The number of rotatable bonds is 3. The Hall–Kier alpha value is -0.870. The Morgan fingerprint density at radius 2 is 2.05 bits per heavy atom. The third kappa shape index (κ3) is 2.76. The first-order valence-corrected chi connectivity index (χ1v) is 8.82. The van der Waals surface area contributed by atoms with Crippen LogP contribution in [0.15, 0.2) is 0 Å². The van der Waals surface area contributed by atoms with Gasteiger partial charge in [-0.3, -0.25) is 0 Å². The molecule has 4 rings (SSSR count). The van der Waals surface area contributed by atoms with Crippen LogP contribution in [0.4, 0.5) is 0 Å². The van der Waals surface area contributed by atoms with Crippen molar-refractivity contribution in [3.05, 3.63) is 17.2 Å². The Bertz CT molecular complexity index is 484. The Kier molecular flexibility index (Phi) is 3.99. The summed E-state index contributed by atoms with van der Waals surface area (Å²) in [6, 6.07) is 0. The van der Waals surface area contributed by atoms with Gasteiger partial charge < -0.3 is 14.6 Å². The van der Waals surface area contributed by atoms with Crippen molar-refractivity contribution < 1.29 is 4.74 Å². The fraction of sp³-hybridized carbons (Fsp3) is 0.824. The van der Waals surface area contributed by atoms with E-state index in [1.54, 1.807) is 0 Å². The summed E-state index contributed by atoms with van der Waals surface area (Å²) in [6.07, 6.45) is 10.8. The van der Waals surface area contributed by atoms with Gasteiger partial charge in [-0.15, -0.1) is 0 Å². The second-order valence-electron chi connectivity index (χ2n) is 6.87. The van der Waals surface area contributed by atoms with Crippen LogP contribution < -0.4 is 5.32 Å². The summed E-state index contributed by atoms with van der Waals surface area (Å²) in [4.78, 5) is 5.06. The average Bonchev–Trinajstić information content (AvgIpc) is 3.17. The van der Waals surface area contributed by atoms with Crippen molar-refractivity contribution in [1.82, 2.24) is 14.9 Å². The van der Waals surface area contributed by atoms with Crippen LogP contribution in [0.1, 0.15) is 68.1 Å². The standard InChI is InChI=1S/C17H27N3O/c1-2-5-13(6-3-1)17-19-15-11-18-9-8-16(15)20(17)12-14-7-4-10-21-14/h13-14,18H,1-12H2. The van der Waals surface area contributed by atoms with Gasteiger partial charge in [0.1, 0.15) is 5.82 Å². The molecule has 0 amide bonds. The monoisotopic (exact) mass is 289 g/mol. The molecule has 1 aliphatic carbocycles. The molecule has 1 unspecified atom stereocenters. The van der Waals surface area contributed by atoms with E-state index in [4.69, 9.17) is 9.72 Å². The molecule has 0 radical (unpaired) electrons. The number of imidazole rings is 1. The molecule has 1 aromatic rings. The van der Waals surface area contributed by atoms with Gasteiger partial charge in [-0.05, 0) is 25.7 Å². The molecule has 0 spiro atoms. The molecule has 4 heteroatoms. The number of hydrogen-bond acceptors (Lipinski definition) is 3. The van der Waals surface area contributed by atoms with Crippen LogP contribution in [-0.4, -0.2) is 28.8 Å². The van der Waals surface area contributed by atoms with Crippen molar-refractivity contribution in [3.8, 4) is 0 Å². The van der Waals surface area contributed by atoms with E-state index in [0.29, 0.717) is 12.0 Å². The van der Waals surface area contributed by atoms with Crippen molar-refractivity contribution in [2.45, 2.75) is 76.5 Å². The topological polar surface area (TPSA) is 39.1 Å². The highest BCUT2D eigenvalue weighted by atomic mass is 16.5. The van der Waals surface area contributed by atoms with Gasteiger partial charge >= 0.3 is 0 Å². The zero-order valence-corrected chi connectivity index (χ0v) is 12.9. The van der Waals surface area contributed by atoms with Crippen molar-refractivity contribution in [1.29, 1.82) is 0 Å². The molecule has 2 fully saturated rings. The quantitative estimate of drug-likeness (QED) is 0.930. The summed E-state index contributed by atoms with van der Waals surface area (Å²) in [5, 5.41) is 3.47. The maximum atomic E-state index is 5.90. The predicted molar refractivity (Wildman–Crippen MR) is 82.4 cm³/mol. The summed E-state index contributed by atoms with van der Waals surface area (Å²) in [5.74, 6) is 2.06. The van der Waals surface area contributed by atoms with E-state index in [1.165, 1.54) is 62.2 Å². The summed E-state index contributed by atoms with van der Waals surface area (Å²) < 4.78 is 8.45. The van der Waals surface area contributed by atoms with Gasteiger partial charge in [0.15, 0.2) is 0 Å². The summed E-state index contributed by atoms with van der Waals surface area (Å²) in [7, 11) is 0. The van der Waals surface area contributed by atoms with Gasteiger partial charge in [0.2, 0.25) is 0 Å². The minimum atomic E-state index is 0.417. The van der Waals surface area contributed by atoms with Crippen molar-refractivity contribution in [2.24, 2.45) is 0 Å². The van der Waals surface area contributed by atoms with Gasteiger partial charge in [-0.25, -0.2) is 4.98 Å². The normalized spacial score (nSPS) is 27.0. The molecule has 3 heterocycles. The van der Waals surface area contributed by atoms with Gasteiger partial charge in [-0.2, -0.15) is 0 Å². The summed E-state index contributed by atoms with van der Waals surface area (Å²) in [6.45, 7) is 4.03. The van der Waals surface area contributed by atoms with Crippen LogP contribution >= 0.6 is 0 Å². The molecule has 2 aliphatic heterocycles. The molecule has 1 N–H and O–H groups in total. The second-order valence-corrected chi connectivity index (χ2v) is 6.87. The maximum absolute atomic E-state index is 5.90. The Morgan fingerprint density at radius 3 is 2.86 bits per heavy atom. The molecule has 1 saturated heterocycles. The highest BCUT2D eigenvalue weighted by Crippen LogP contribution is 2.34. The first-order valence-electron chi connectivity index (χ1n) is 8.82. The van der Waals surface area contributed by atoms with E-state index >= 15 is 0 Å². The van der Waals surface area contributed by atoms with Crippen LogP contribution in [0.25, 0.3) is 0 Å². The van der Waals surface area contributed by atoms with Crippen molar-refractivity contribution in [2.75, 3.05) is 13.2 Å². The maximum Gasteiger partial charge on any atom is 0.112 e. The van der Waals surface area contributed by atoms with E-state index < -0.39 is 0 Å². The molecular weight excluding hydrogens is 262 g/mol. The molecule has 3 aliphatic rings. The van der Waals surface area contributed by atoms with Crippen LogP contribution in [0.2, 0.25) is 0 Å². The van der Waals surface area contributed by atoms with Crippen molar-refractivity contribution in [3.63, 3.8) is 0 Å². The fourth-order valence-corrected chi connectivity index (χ4v) is 4.26. The lowest BCUT2D eigenvalue weighted by molar-refractivity contribution is 0.0950. The Balaban J connectivity index is 1.64. The summed E-state index contributed by atoms with van der Waals surface area (Å²) in [5.41, 5.74) is 2.80. The molecular formula is C17H27N3O. The van der Waals surface area contributed by atoms with Gasteiger partial charge in [-0.1, -0.05) is 19.3 Å². The minimum Gasteiger partial charge on any atom is -0.376 e. The Labute approximate surface area is 127 Å². The molecule has 4 nitrogen and oxygen atoms in total. The highest BCUT2D eigenvalue weighted by molar-refractivity contribution is 5.22. The largest absolute Gasteiger partial charge is 0.376 e. The van der Waals surface area contributed by atoms with E-state index in [9.17, 15) is 0 Å². The van der Waals surface area contributed by atoms with Crippen LogP contribution in [0.5, 0.6) is 0 Å². The fourth-order valence-electron chi connectivity index (χ4n) is 4.26. The number of nitrogens with one attached hydrogen (secondary N) is 1. The number of aromatic nitrogens is 2. The smallest absolute Gasteiger partial charge is 0.112 e. The second kappa shape index (κ2) is 6.09. The lowest BCUT2D eigenvalue weighted by Gasteiger charge is -2.24. The number of nitrogens with zero attached hydrogens (tertiary/aromatic N) is 2. The molecule has 21 heavy (non-hydrogen) atoms.